The van der Waals surface area contributed by atoms with Crippen LogP contribution < -0.4 is 16.2 Å². The number of ether oxygens (including phenoxy) is 1. The third-order valence-electron chi connectivity index (χ3n) is 3.21. The zero-order chi connectivity index (χ0) is 19.6. The van der Waals surface area contributed by atoms with Crippen molar-refractivity contribution in [1.82, 2.24) is 20.6 Å². The van der Waals surface area contributed by atoms with E-state index in [9.17, 15) is 19.2 Å². The second-order valence-electron chi connectivity index (χ2n) is 5.30. The van der Waals surface area contributed by atoms with Gasteiger partial charge in [-0.3, -0.25) is 19.7 Å². The maximum atomic E-state index is 11.8. The van der Waals surface area contributed by atoms with Crippen LogP contribution in [0.5, 0.6) is 0 Å². The number of hydrogen-bond acceptors (Lipinski definition) is 7. The summed E-state index contributed by atoms with van der Waals surface area (Å²) in [7, 11) is 1.23. The molecule has 2 aromatic rings. The third kappa shape index (κ3) is 7.32. The predicted molar refractivity (Wildman–Crippen MR) is 98.1 cm³/mol. The molecule has 0 spiro atoms. The molecule has 0 aliphatic heterocycles. The number of H-pyrrole nitrogens is 1. The molecule has 0 fully saturated rings. The number of nitrogens with one attached hydrogen (secondary N) is 3. The maximum absolute atomic E-state index is 11.8. The van der Waals surface area contributed by atoms with Gasteiger partial charge in [0.2, 0.25) is 5.91 Å². The van der Waals surface area contributed by atoms with Crippen molar-refractivity contribution < 1.29 is 19.1 Å². The fraction of sp³-hybridized carbons (Fsp3) is 0.235. The predicted octanol–water partition coefficient (Wildman–Crippen LogP) is 0.603. The van der Waals surface area contributed by atoms with Crippen molar-refractivity contribution in [2.24, 2.45) is 0 Å². The van der Waals surface area contributed by atoms with Crippen LogP contribution in [0.15, 0.2) is 46.3 Å². The molecule has 1 heterocycles. The number of esters is 1. The summed E-state index contributed by atoms with van der Waals surface area (Å²) in [6.45, 7) is 0.289. The Morgan fingerprint density at radius 3 is 2.67 bits per heavy atom. The highest BCUT2D eigenvalue weighted by Crippen LogP contribution is 2.11. The van der Waals surface area contributed by atoms with Crippen LogP contribution in [-0.4, -0.2) is 40.7 Å². The number of nitrogens with zero attached hydrogens (tertiary/aromatic N) is 1. The molecule has 0 bridgehead atoms. The molecule has 3 amide bonds. The summed E-state index contributed by atoms with van der Waals surface area (Å²) in [5, 5.41) is 4.92. The molecular weight excluding hydrogens is 372 g/mol. The van der Waals surface area contributed by atoms with E-state index in [2.05, 4.69) is 25.3 Å². The van der Waals surface area contributed by atoms with Crippen LogP contribution in [0.3, 0.4) is 0 Å². The average Bonchev–Trinajstić information content (AvgIpc) is 2.65. The molecule has 0 unspecified atom stereocenters. The molecule has 9 nitrogen and oxygen atoms in total. The first-order chi connectivity index (χ1) is 13.0. The lowest BCUT2D eigenvalue weighted by atomic mass is 10.2. The number of urea groups is 1. The number of imide groups is 1. The van der Waals surface area contributed by atoms with Crippen molar-refractivity contribution in [1.29, 1.82) is 0 Å². The van der Waals surface area contributed by atoms with E-state index in [4.69, 9.17) is 0 Å². The van der Waals surface area contributed by atoms with Gasteiger partial charge in [0.15, 0.2) is 5.16 Å². The lowest BCUT2D eigenvalue weighted by Crippen LogP contribution is -2.40. The molecular formula is C17H18N4O5S. The summed E-state index contributed by atoms with van der Waals surface area (Å²) >= 11 is 0.937. The summed E-state index contributed by atoms with van der Waals surface area (Å²) in [4.78, 5) is 53.0. The van der Waals surface area contributed by atoms with Crippen LogP contribution in [0, 0.1) is 0 Å². The number of carbonyl (C=O) groups is 3. The number of aromatic amines is 1. The smallest absolute Gasteiger partial charge is 0.321 e. The molecule has 3 N–H and O–H groups in total. The van der Waals surface area contributed by atoms with Crippen molar-refractivity contribution in [3.8, 4) is 0 Å². The normalized spacial score (nSPS) is 10.1. The highest BCUT2D eigenvalue weighted by Gasteiger charge is 2.11. The summed E-state index contributed by atoms with van der Waals surface area (Å²) < 4.78 is 4.52. The molecule has 10 heteroatoms. The number of carbonyl (C=O) groups excluding carboxylic acids is 3. The molecule has 0 atom stereocenters. The Morgan fingerprint density at radius 2 is 1.96 bits per heavy atom. The Bertz CT molecular complexity index is 869. The van der Waals surface area contributed by atoms with Gasteiger partial charge in [0, 0.05) is 12.6 Å². The van der Waals surface area contributed by atoms with Gasteiger partial charge in [-0.25, -0.2) is 9.78 Å². The molecule has 1 aromatic heterocycles. The van der Waals surface area contributed by atoms with E-state index in [-0.39, 0.29) is 29.6 Å². The van der Waals surface area contributed by atoms with Crippen molar-refractivity contribution in [3.05, 3.63) is 58.0 Å². The van der Waals surface area contributed by atoms with Crippen molar-refractivity contribution in [2.45, 2.75) is 18.1 Å². The quantitative estimate of drug-likeness (QED) is 0.359. The van der Waals surface area contributed by atoms with Crippen molar-refractivity contribution >= 4 is 29.7 Å². The Morgan fingerprint density at radius 1 is 1.22 bits per heavy atom. The Balaban J connectivity index is 1.81. The first-order valence-electron chi connectivity index (χ1n) is 7.87. The molecule has 27 heavy (non-hydrogen) atoms. The van der Waals surface area contributed by atoms with Gasteiger partial charge in [0.25, 0.3) is 5.56 Å². The van der Waals surface area contributed by atoms with E-state index in [0.717, 1.165) is 17.3 Å². The second-order valence-corrected chi connectivity index (χ2v) is 6.26. The Hall–Kier alpha value is -3.14. The van der Waals surface area contributed by atoms with Gasteiger partial charge < -0.3 is 15.0 Å². The maximum Gasteiger partial charge on any atom is 0.321 e. The molecule has 0 saturated carbocycles. The topological polar surface area (TPSA) is 130 Å². The summed E-state index contributed by atoms with van der Waals surface area (Å²) in [6, 6.07) is 9.81. The Kier molecular flexibility index (Phi) is 7.56. The zero-order valence-corrected chi connectivity index (χ0v) is 15.3. The van der Waals surface area contributed by atoms with E-state index in [1.165, 1.54) is 13.2 Å². The highest BCUT2D eigenvalue weighted by atomic mass is 32.2. The number of benzene rings is 1. The fourth-order valence-electron chi connectivity index (χ4n) is 1.98. The summed E-state index contributed by atoms with van der Waals surface area (Å²) in [5.74, 6) is -1.22. The minimum absolute atomic E-state index is 0.136. The monoisotopic (exact) mass is 390 g/mol. The number of rotatable bonds is 7. The first kappa shape index (κ1) is 20.2. The average molecular weight is 390 g/mol. The molecule has 0 aliphatic rings. The van der Waals surface area contributed by atoms with E-state index in [0.29, 0.717) is 0 Å². The second kappa shape index (κ2) is 10.1. The van der Waals surface area contributed by atoms with Gasteiger partial charge in [-0.2, -0.15) is 0 Å². The molecule has 0 radical (unpaired) electrons. The van der Waals surface area contributed by atoms with Gasteiger partial charge in [0.1, 0.15) is 0 Å². The molecule has 0 saturated heterocycles. The van der Waals surface area contributed by atoms with Crippen LogP contribution in [0.4, 0.5) is 4.79 Å². The van der Waals surface area contributed by atoms with Crippen molar-refractivity contribution in [3.63, 3.8) is 0 Å². The number of methoxy groups -OCH3 is 1. The number of aromatic nitrogens is 2. The number of hydrogen-bond donors (Lipinski definition) is 3. The van der Waals surface area contributed by atoms with Gasteiger partial charge in [-0.1, -0.05) is 42.1 Å². The standard InChI is InChI=1S/C17H18N4O5S/c1-26-15(24)8-12-7-13(22)21-17(19-12)27-10-14(23)20-16(25)18-9-11-5-3-2-4-6-11/h2-7H,8-10H2,1H3,(H,19,21,22)(H2,18,20,23,25). The summed E-state index contributed by atoms with van der Waals surface area (Å²) in [5.41, 5.74) is 0.681. The van der Waals surface area contributed by atoms with Crippen LogP contribution in [-0.2, 0) is 27.3 Å². The lowest BCUT2D eigenvalue weighted by Gasteiger charge is -2.07. The van der Waals surface area contributed by atoms with E-state index in [1.807, 2.05) is 30.3 Å². The first-order valence-corrected chi connectivity index (χ1v) is 8.86. The number of amides is 3. The SMILES string of the molecule is COC(=O)Cc1cc(=O)[nH]c(SCC(=O)NC(=O)NCc2ccccc2)n1. The lowest BCUT2D eigenvalue weighted by molar-refractivity contribution is -0.139. The molecule has 142 valence electrons. The van der Waals surface area contributed by atoms with Gasteiger partial charge >= 0.3 is 12.0 Å². The van der Waals surface area contributed by atoms with Gasteiger partial charge in [-0.05, 0) is 5.56 Å². The van der Waals surface area contributed by atoms with E-state index >= 15 is 0 Å². The van der Waals surface area contributed by atoms with Crippen LogP contribution in [0.25, 0.3) is 0 Å². The van der Waals surface area contributed by atoms with Crippen LogP contribution in [0.1, 0.15) is 11.3 Å². The highest BCUT2D eigenvalue weighted by molar-refractivity contribution is 7.99. The number of thioether (sulfide) groups is 1. The van der Waals surface area contributed by atoms with Crippen molar-refractivity contribution in [2.75, 3.05) is 12.9 Å². The molecule has 2 rings (SSSR count). The van der Waals surface area contributed by atoms with E-state index in [1.54, 1.807) is 0 Å². The van der Waals surface area contributed by atoms with Gasteiger partial charge in [-0.15, -0.1) is 0 Å². The Labute approximate surface area is 158 Å². The third-order valence-corrected chi connectivity index (χ3v) is 4.09. The molecule has 0 aliphatic carbocycles. The fourth-order valence-corrected chi connectivity index (χ4v) is 2.68. The molecule has 1 aromatic carbocycles. The van der Waals surface area contributed by atoms with Crippen LogP contribution >= 0.6 is 11.8 Å². The zero-order valence-electron chi connectivity index (χ0n) is 14.5. The van der Waals surface area contributed by atoms with Gasteiger partial charge in [0.05, 0.1) is 25.0 Å². The van der Waals surface area contributed by atoms with E-state index < -0.39 is 23.5 Å². The largest absolute Gasteiger partial charge is 0.469 e. The summed E-state index contributed by atoms with van der Waals surface area (Å²) in [6.07, 6.45) is -0.151. The minimum atomic E-state index is -0.620. The van der Waals surface area contributed by atoms with Crippen LogP contribution in [0.2, 0.25) is 0 Å². The minimum Gasteiger partial charge on any atom is -0.469 e.